The second kappa shape index (κ2) is 4.96. The van der Waals surface area contributed by atoms with Crippen molar-refractivity contribution >= 4 is 11.7 Å². The third-order valence-corrected chi connectivity index (χ3v) is 3.30. The van der Waals surface area contributed by atoms with Crippen molar-refractivity contribution in [2.24, 2.45) is 5.92 Å². The van der Waals surface area contributed by atoms with Gasteiger partial charge < -0.3 is 5.32 Å². The summed E-state index contributed by atoms with van der Waals surface area (Å²) < 4.78 is 26.5. The number of halogens is 2. The highest BCUT2D eigenvalue weighted by molar-refractivity contribution is 5.94. The number of nitrogens with zero attached hydrogens (tertiary/aromatic N) is 2. The number of aromatic nitrogens is 2. The van der Waals surface area contributed by atoms with Crippen LogP contribution in [0.5, 0.6) is 0 Å². The first-order chi connectivity index (χ1) is 9.65. The summed E-state index contributed by atoms with van der Waals surface area (Å²) in [5.74, 6) is -1.59. The van der Waals surface area contributed by atoms with Gasteiger partial charge in [0.05, 0.1) is 6.20 Å². The molecule has 3 rings (SSSR count). The first-order valence-electron chi connectivity index (χ1n) is 6.17. The topological polar surface area (TPSA) is 54.9 Å². The lowest BCUT2D eigenvalue weighted by Gasteiger charge is -2.04. The Morgan fingerprint density at radius 1 is 1.30 bits per heavy atom. The van der Waals surface area contributed by atoms with E-state index in [4.69, 9.17) is 0 Å². The summed E-state index contributed by atoms with van der Waals surface area (Å²) in [4.78, 5) is 19.7. The summed E-state index contributed by atoms with van der Waals surface area (Å²) in [6.07, 6.45) is 4.96. The van der Waals surface area contributed by atoms with Crippen molar-refractivity contribution in [3.63, 3.8) is 0 Å². The van der Waals surface area contributed by atoms with Gasteiger partial charge >= 0.3 is 0 Å². The number of nitrogens with one attached hydrogen (secondary N) is 1. The molecular weight excluding hydrogens is 264 g/mol. The molecule has 0 radical (unpaired) electrons. The van der Waals surface area contributed by atoms with Crippen LogP contribution in [0.1, 0.15) is 17.9 Å². The molecule has 1 fully saturated rings. The predicted octanol–water partition coefficient (Wildman–Crippen LogP) is 2.50. The third kappa shape index (κ3) is 2.49. The highest BCUT2D eigenvalue weighted by atomic mass is 19.1. The summed E-state index contributed by atoms with van der Waals surface area (Å²) in [7, 11) is 0. The van der Waals surface area contributed by atoms with Crippen LogP contribution in [0.25, 0.3) is 0 Å². The molecular formula is C14H11F2N3O. The van der Waals surface area contributed by atoms with Crippen LogP contribution in [-0.2, 0) is 4.79 Å². The molecule has 0 aliphatic heterocycles. The van der Waals surface area contributed by atoms with Gasteiger partial charge in [-0.05, 0) is 24.0 Å². The molecule has 0 saturated heterocycles. The standard InChI is InChI=1S/C14H11F2N3O/c15-8-1-2-9(12(16)5-8)10-6-11(10)14(20)19-13-7-17-3-4-18-13/h1-5,7,10-11H,6H2,(H,18,19,20)/t10-,11+/m1/s1. The van der Waals surface area contributed by atoms with Crippen LogP contribution in [0.4, 0.5) is 14.6 Å². The van der Waals surface area contributed by atoms with Crippen molar-refractivity contribution in [1.82, 2.24) is 9.97 Å². The first kappa shape index (κ1) is 12.7. The third-order valence-electron chi connectivity index (χ3n) is 3.30. The smallest absolute Gasteiger partial charge is 0.229 e. The zero-order valence-corrected chi connectivity index (χ0v) is 10.4. The Balaban J connectivity index is 1.68. The molecule has 0 bridgehead atoms. The summed E-state index contributed by atoms with van der Waals surface area (Å²) in [5.41, 5.74) is 0.380. The molecule has 6 heteroatoms. The van der Waals surface area contributed by atoms with E-state index in [0.717, 1.165) is 6.07 Å². The second-order valence-electron chi connectivity index (χ2n) is 4.69. The molecule has 0 spiro atoms. The maximum absolute atomic E-state index is 13.6. The van der Waals surface area contributed by atoms with Gasteiger partial charge in [-0.3, -0.25) is 9.78 Å². The lowest BCUT2D eigenvalue weighted by Crippen LogP contribution is -2.15. The summed E-state index contributed by atoms with van der Waals surface area (Å²) in [5, 5.41) is 2.63. The Bertz CT molecular complexity index is 648. The van der Waals surface area contributed by atoms with E-state index in [1.807, 2.05) is 0 Å². The van der Waals surface area contributed by atoms with Crippen LogP contribution < -0.4 is 5.32 Å². The van der Waals surface area contributed by atoms with Crippen molar-refractivity contribution in [3.8, 4) is 0 Å². The van der Waals surface area contributed by atoms with Crippen LogP contribution in [0, 0.1) is 17.6 Å². The molecule has 1 aromatic carbocycles. The molecule has 1 aliphatic rings. The zero-order valence-electron chi connectivity index (χ0n) is 10.4. The van der Waals surface area contributed by atoms with Gasteiger partial charge in [0.15, 0.2) is 5.82 Å². The Kier molecular flexibility index (Phi) is 3.14. The molecule has 20 heavy (non-hydrogen) atoms. The van der Waals surface area contributed by atoms with Crippen molar-refractivity contribution in [3.05, 3.63) is 54.0 Å². The molecule has 1 aliphatic carbocycles. The fourth-order valence-electron chi connectivity index (χ4n) is 2.21. The van der Waals surface area contributed by atoms with Gasteiger partial charge in [-0.25, -0.2) is 13.8 Å². The minimum Gasteiger partial charge on any atom is -0.309 e. The zero-order chi connectivity index (χ0) is 14.1. The fraction of sp³-hybridized carbons (Fsp3) is 0.214. The molecule has 1 heterocycles. The Morgan fingerprint density at radius 3 is 2.85 bits per heavy atom. The van der Waals surface area contributed by atoms with Crippen LogP contribution in [0.15, 0.2) is 36.8 Å². The number of hydrogen-bond acceptors (Lipinski definition) is 3. The predicted molar refractivity (Wildman–Crippen MR) is 67.9 cm³/mol. The number of rotatable bonds is 3. The van der Waals surface area contributed by atoms with Crippen LogP contribution >= 0.6 is 0 Å². The van der Waals surface area contributed by atoms with E-state index in [0.29, 0.717) is 17.8 Å². The average Bonchev–Trinajstić information content (AvgIpc) is 3.20. The minimum atomic E-state index is -0.618. The molecule has 1 amide bonds. The van der Waals surface area contributed by atoms with E-state index in [2.05, 4.69) is 15.3 Å². The molecule has 0 unspecified atom stereocenters. The largest absolute Gasteiger partial charge is 0.309 e. The minimum absolute atomic E-state index is 0.202. The average molecular weight is 275 g/mol. The molecule has 1 saturated carbocycles. The molecule has 102 valence electrons. The molecule has 2 aromatic rings. The first-order valence-corrected chi connectivity index (χ1v) is 6.17. The van der Waals surface area contributed by atoms with Crippen molar-refractivity contribution in [2.75, 3.05) is 5.32 Å². The molecule has 2 atom stereocenters. The fourth-order valence-corrected chi connectivity index (χ4v) is 2.21. The lowest BCUT2D eigenvalue weighted by molar-refractivity contribution is -0.117. The van der Waals surface area contributed by atoms with E-state index < -0.39 is 11.6 Å². The SMILES string of the molecule is O=C(Nc1cnccn1)[C@H]1C[C@@H]1c1ccc(F)cc1F. The quantitative estimate of drug-likeness (QED) is 0.936. The van der Waals surface area contributed by atoms with E-state index in [-0.39, 0.29) is 17.7 Å². The van der Waals surface area contributed by atoms with E-state index in [1.165, 1.54) is 30.7 Å². The summed E-state index contributed by atoms with van der Waals surface area (Å²) in [6, 6.07) is 3.44. The molecule has 4 nitrogen and oxygen atoms in total. The summed E-state index contributed by atoms with van der Waals surface area (Å²) >= 11 is 0. The second-order valence-corrected chi connectivity index (χ2v) is 4.69. The number of benzene rings is 1. The van der Waals surface area contributed by atoms with Crippen molar-refractivity contribution in [2.45, 2.75) is 12.3 Å². The van der Waals surface area contributed by atoms with E-state index in [9.17, 15) is 13.6 Å². The monoisotopic (exact) mass is 275 g/mol. The van der Waals surface area contributed by atoms with Gasteiger partial charge in [0.1, 0.15) is 11.6 Å². The maximum atomic E-state index is 13.6. The highest BCUT2D eigenvalue weighted by Crippen LogP contribution is 2.48. The highest BCUT2D eigenvalue weighted by Gasteiger charge is 2.45. The van der Waals surface area contributed by atoms with Gasteiger partial charge in [0.25, 0.3) is 0 Å². The molecule has 1 N–H and O–H groups in total. The van der Waals surface area contributed by atoms with Gasteiger partial charge in [0, 0.05) is 24.4 Å². The number of anilines is 1. The Morgan fingerprint density at radius 2 is 2.15 bits per heavy atom. The van der Waals surface area contributed by atoms with Crippen molar-refractivity contribution in [1.29, 1.82) is 0 Å². The lowest BCUT2D eigenvalue weighted by atomic mass is 10.1. The van der Waals surface area contributed by atoms with Crippen molar-refractivity contribution < 1.29 is 13.6 Å². The van der Waals surface area contributed by atoms with Crippen LogP contribution in [0.2, 0.25) is 0 Å². The van der Waals surface area contributed by atoms with Crippen LogP contribution in [-0.4, -0.2) is 15.9 Å². The number of hydrogen-bond donors (Lipinski definition) is 1. The van der Waals surface area contributed by atoms with Crippen LogP contribution in [0.3, 0.4) is 0 Å². The van der Waals surface area contributed by atoms with E-state index in [1.54, 1.807) is 0 Å². The number of carbonyl (C=O) groups is 1. The molecule has 1 aromatic heterocycles. The van der Waals surface area contributed by atoms with E-state index >= 15 is 0 Å². The normalized spacial score (nSPS) is 20.5. The number of amides is 1. The van der Waals surface area contributed by atoms with Gasteiger partial charge in [0.2, 0.25) is 5.91 Å². The van der Waals surface area contributed by atoms with Gasteiger partial charge in [-0.2, -0.15) is 0 Å². The van der Waals surface area contributed by atoms with Gasteiger partial charge in [-0.1, -0.05) is 6.07 Å². The summed E-state index contributed by atoms with van der Waals surface area (Å²) in [6.45, 7) is 0. The maximum Gasteiger partial charge on any atom is 0.229 e. The van der Waals surface area contributed by atoms with Gasteiger partial charge in [-0.15, -0.1) is 0 Å². The Hall–Kier alpha value is -2.37. The Labute approximate surface area is 113 Å². The number of carbonyl (C=O) groups excluding carboxylic acids is 1.